The summed E-state index contributed by atoms with van der Waals surface area (Å²) in [5, 5.41) is 12.2. The molecule has 0 spiro atoms. The highest BCUT2D eigenvalue weighted by molar-refractivity contribution is 5.83. The molecule has 0 aromatic heterocycles. The van der Waals surface area contributed by atoms with Crippen molar-refractivity contribution in [3.63, 3.8) is 0 Å². The third-order valence-corrected chi connectivity index (χ3v) is 7.55. The maximum absolute atomic E-state index is 13.0. The molecule has 8 heteroatoms. The zero-order chi connectivity index (χ0) is 24.5. The minimum atomic E-state index is -0.881. The van der Waals surface area contributed by atoms with Gasteiger partial charge in [0.15, 0.2) is 0 Å². The molecule has 0 bridgehead atoms. The van der Waals surface area contributed by atoms with Gasteiger partial charge in [-0.15, -0.1) is 0 Å². The molecule has 2 N–H and O–H groups in total. The van der Waals surface area contributed by atoms with Crippen molar-refractivity contribution in [2.24, 2.45) is 17.8 Å². The highest BCUT2D eigenvalue weighted by atomic mass is 16.5. The lowest BCUT2D eigenvalue weighted by molar-refractivity contribution is -0.143. The first-order valence-electron chi connectivity index (χ1n) is 12.2. The van der Waals surface area contributed by atoms with Gasteiger partial charge in [-0.2, -0.15) is 0 Å². The maximum Gasteiger partial charge on any atom is 0.407 e. The van der Waals surface area contributed by atoms with Gasteiger partial charge in [-0.25, -0.2) is 4.79 Å². The summed E-state index contributed by atoms with van der Waals surface area (Å²) < 4.78 is 11.3. The third kappa shape index (κ3) is 4.50. The molecule has 5 rings (SSSR count). The van der Waals surface area contributed by atoms with E-state index in [2.05, 4.69) is 29.6 Å². The molecule has 184 valence electrons. The fraction of sp³-hybridized carbons (Fsp3) is 0.444. The lowest BCUT2D eigenvalue weighted by Crippen LogP contribution is -2.44. The van der Waals surface area contributed by atoms with Gasteiger partial charge in [0, 0.05) is 38.1 Å². The van der Waals surface area contributed by atoms with Crippen molar-refractivity contribution in [3.05, 3.63) is 59.7 Å². The average molecular weight is 479 g/mol. The Hall–Kier alpha value is -3.39. The van der Waals surface area contributed by atoms with Crippen LogP contribution in [0.2, 0.25) is 0 Å². The Balaban J connectivity index is 1.15. The van der Waals surface area contributed by atoms with E-state index in [-0.39, 0.29) is 43.4 Å². The number of ether oxygens (including phenoxy) is 2. The van der Waals surface area contributed by atoms with Crippen LogP contribution >= 0.6 is 0 Å². The second-order valence-corrected chi connectivity index (χ2v) is 9.71. The number of carbonyl (C=O) groups is 3. The number of amides is 2. The van der Waals surface area contributed by atoms with Gasteiger partial charge in [-0.1, -0.05) is 55.5 Å². The van der Waals surface area contributed by atoms with E-state index < -0.39 is 24.1 Å². The van der Waals surface area contributed by atoms with E-state index in [9.17, 15) is 19.5 Å². The fourth-order valence-electron chi connectivity index (χ4n) is 5.63. The minimum absolute atomic E-state index is 0.0170. The van der Waals surface area contributed by atoms with E-state index in [1.165, 1.54) is 11.1 Å². The molecule has 4 atom stereocenters. The van der Waals surface area contributed by atoms with Crippen LogP contribution in [0.4, 0.5) is 4.79 Å². The summed E-state index contributed by atoms with van der Waals surface area (Å²) in [6, 6.07) is 16.3. The van der Waals surface area contributed by atoms with Gasteiger partial charge >= 0.3 is 12.1 Å². The number of benzene rings is 2. The number of carboxylic acid groups (broad SMARTS) is 1. The predicted molar refractivity (Wildman–Crippen MR) is 128 cm³/mol. The number of nitrogens with one attached hydrogen (secondary N) is 1. The van der Waals surface area contributed by atoms with Crippen molar-refractivity contribution in [2.75, 3.05) is 32.8 Å². The van der Waals surface area contributed by atoms with E-state index in [0.717, 1.165) is 11.1 Å². The van der Waals surface area contributed by atoms with Gasteiger partial charge in [0.2, 0.25) is 0 Å². The van der Waals surface area contributed by atoms with Crippen LogP contribution in [0.5, 0.6) is 0 Å². The normalized spacial score (nSPS) is 25.2. The number of hydrogen-bond donors (Lipinski definition) is 2. The Kier molecular flexibility index (Phi) is 6.47. The smallest absolute Gasteiger partial charge is 0.407 e. The number of alkyl carbamates (subject to hydrolysis) is 1. The molecule has 2 heterocycles. The summed E-state index contributed by atoms with van der Waals surface area (Å²) in [6.07, 6.45) is -0.555. The molecule has 2 aromatic carbocycles. The summed E-state index contributed by atoms with van der Waals surface area (Å²) >= 11 is 0. The lowest BCUT2D eigenvalue weighted by Gasteiger charge is -2.24. The Morgan fingerprint density at radius 3 is 2.34 bits per heavy atom. The highest BCUT2D eigenvalue weighted by Crippen LogP contribution is 2.44. The molecular formula is C27H30N2O6. The monoisotopic (exact) mass is 478 g/mol. The van der Waals surface area contributed by atoms with Crippen LogP contribution < -0.4 is 5.32 Å². The minimum Gasteiger partial charge on any atom is -0.481 e. The predicted octanol–water partition coefficient (Wildman–Crippen LogP) is 3.11. The van der Waals surface area contributed by atoms with Gasteiger partial charge in [-0.3, -0.25) is 9.59 Å². The molecule has 2 fully saturated rings. The number of nitrogens with zero attached hydrogens (tertiary/aromatic N) is 1. The van der Waals surface area contributed by atoms with E-state index in [0.29, 0.717) is 19.6 Å². The van der Waals surface area contributed by atoms with Gasteiger partial charge < -0.3 is 24.8 Å². The van der Waals surface area contributed by atoms with Crippen LogP contribution in [0, 0.1) is 17.8 Å². The summed E-state index contributed by atoms with van der Waals surface area (Å²) in [5.74, 6) is -1.93. The number of carbonyl (C=O) groups excluding carboxylic acids is 2. The first-order valence-corrected chi connectivity index (χ1v) is 12.2. The van der Waals surface area contributed by atoms with Crippen LogP contribution in [0.3, 0.4) is 0 Å². The summed E-state index contributed by atoms with van der Waals surface area (Å²) in [5.41, 5.74) is 4.64. The van der Waals surface area contributed by atoms with E-state index in [1.807, 2.05) is 31.2 Å². The molecule has 8 nitrogen and oxygen atoms in total. The Bertz CT molecular complexity index is 1090. The second kappa shape index (κ2) is 9.70. The standard InChI is InChI=1S/C27H30N2O6/c1-16-13-29(14-22(16)26(31)32)25(30)24-17(10-11-34-24)12-28-27(33)35-15-23-20-8-4-2-6-18(20)19-7-3-5-9-21(19)23/h2-9,16-17,22-24H,10-15H2,1H3,(H,28,33)(H,31,32)/t16?,17-,22?,24-/m0/s1. The zero-order valence-corrected chi connectivity index (χ0v) is 19.7. The molecule has 2 amide bonds. The Morgan fingerprint density at radius 2 is 1.71 bits per heavy atom. The number of carboxylic acids is 1. The first-order chi connectivity index (χ1) is 16.9. The molecule has 0 saturated carbocycles. The fourth-order valence-corrected chi connectivity index (χ4v) is 5.63. The van der Waals surface area contributed by atoms with E-state index in [1.54, 1.807) is 4.90 Å². The highest BCUT2D eigenvalue weighted by Gasteiger charge is 2.43. The molecule has 2 aliphatic heterocycles. The number of aliphatic carboxylic acids is 1. The van der Waals surface area contributed by atoms with Crippen LogP contribution in [-0.4, -0.2) is 66.9 Å². The zero-order valence-electron chi connectivity index (χ0n) is 19.7. The summed E-state index contributed by atoms with van der Waals surface area (Å²) in [4.78, 5) is 38.5. The first kappa shape index (κ1) is 23.4. The molecule has 1 aliphatic carbocycles. The average Bonchev–Trinajstić information content (AvgIpc) is 3.57. The number of fused-ring (bicyclic) bond motifs is 3. The lowest BCUT2D eigenvalue weighted by atomic mass is 9.98. The van der Waals surface area contributed by atoms with Crippen molar-refractivity contribution >= 4 is 18.0 Å². The third-order valence-electron chi connectivity index (χ3n) is 7.55. The summed E-state index contributed by atoms with van der Waals surface area (Å²) in [6.45, 7) is 3.37. The van der Waals surface area contributed by atoms with Gasteiger partial charge in [0.1, 0.15) is 12.7 Å². The number of hydrogen-bond acceptors (Lipinski definition) is 5. The van der Waals surface area contributed by atoms with Crippen LogP contribution in [0.1, 0.15) is 30.4 Å². The Labute approximate surface area is 204 Å². The van der Waals surface area contributed by atoms with Crippen LogP contribution in [0.15, 0.2) is 48.5 Å². The second-order valence-electron chi connectivity index (χ2n) is 9.71. The SMILES string of the molecule is CC1CN(C(=O)[C@H]2OCC[C@H]2CNC(=O)OCC2c3ccccc3-c3ccccc32)CC1C(=O)O. The van der Waals surface area contributed by atoms with Crippen LogP contribution in [-0.2, 0) is 19.1 Å². The van der Waals surface area contributed by atoms with E-state index >= 15 is 0 Å². The van der Waals surface area contributed by atoms with Gasteiger partial charge in [0.05, 0.1) is 5.92 Å². The number of rotatable bonds is 6. The molecule has 3 aliphatic rings. The molecule has 2 saturated heterocycles. The van der Waals surface area contributed by atoms with E-state index in [4.69, 9.17) is 9.47 Å². The van der Waals surface area contributed by atoms with Crippen LogP contribution in [0.25, 0.3) is 11.1 Å². The molecule has 2 unspecified atom stereocenters. The topological polar surface area (TPSA) is 105 Å². The van der Waals surface area contributed by atoms with Gasteiger partial charge in [0.25, 0.3) is 5.91 Å². The number of likely N-dealkylation sites (tertiary alicyclic amines) is 1. The molecule has 0 radical (unpaired) electrons. The maximum atomic E-state index is 13.0. The van der Waals surface area contributed by atoms with Crippen molar-refractivity contribution in [1.82, 2.24) is 10.2 Å². The van der Waals surface area contributed by atoms with Crippen molar-refractivity contribution in [1.29, 1.82) is 0 Å². The van der Waals surface area contributed by atoms with Gasteiger partial charge in [-0.05, 0) is 34.6 Å². The molecule has 2 aromatic rings. The van der Waals surface area contributed by atoms with Crippen molar-refractivity contribution < 1.29 is 29.0 Å². The Morgan fingerprint density at radius 1 is 1.06 bits per heavy atom. The summed E-state index contributed by atoms with van der Waals surface area (Å²) in [7, 11) is 0. The van der Waals surface area contributed by atoms with Crippen molar-refractivity contribution in [2.45, 2.75) is 25.4 Å². The quantitative estimate of drug-likeness (QED) is 0.661. The molecule has 35 heavy (non-hydrogen) atoms. The van der Waals surface area contributed by atoms with Crippen molar-refractivity contribution in [3.8, 4) is 11.1 Å². The largest absolute Gasteiger partial charge is 0.481 e. The molecular weight excluding hydrogens is 448 g/mol.